The summed E-state index contributed by atoms with van der Waals surface area (Å²) in [7, 11) is -0.840. The number of hydrogen-bond donors (Lipinski definition) is 1. The topological polar surface area (TPSA) is 109 Å². The summed E-state index contributed by atoms with van der Waals surface area (Å²) in [5.74, 6) is 0.226. The summed E-state index contributed by atoms with van der Waals surface area (Å²) in [5, 5.41) is 11.5. The Bertz CT molecular complexity index is 983. The number of carbonyl (C=O) groups excluding carboxylic acids is 1. The molecule has 0 saturated carbocycles. The van der Waals surface area contributed by atoms with Crippen molar-refractivity contribution < 1.29 is 22.7 Å². The van der Waals surface area contributed by atoms with Crippen LogP contribution in [0.3, 0.4) is 0 Å². The standard InChI is InChI=1S/C18H19N3O5S/c1-25-16-8-7-15(10-17(16)26-2)21(27(3,23)24)12-18(22)20-14-6-4-5-13(9-14)11-19/h4-10H,12H2,1-3H3,(H,20,22). The van der Waals surface area contributed by atoms with Gasteiger partial charge >= 0.3 is 0 Å². The Labute approximate surface area is 158 Å². The van der Waals surface area contributed by atoms with E-state index in [0.717, 1.165) is 10.6 Å². The monoisotopic (exact) mass is 389 g/mol. The number of carbonyl (C=O) groups is 1. The summed E-state index contributed by atoms with van der Waals surface area (Å²) in [5.41, 5.74) is 1.04. The molecule has 2 rings (SSSR count). The number of amides is 1. The molecule has 0 unspecified atom stereocenters. The van der Waals surface area contributed by atoms with Gasteiger partial charge in [0.2, 0.25) is 15.9 Å². The predicted molar refractivity (Wildman–Crippen MR) is 102 cm³/mol. The van der Waals surface area contributed by atoms with E-state index in [9.17, 15) is 13.2 Å². The molecule has 9 heteroatoms. The molecule has 8 nitrogen and oxygen atoms in total. The van der Waals surface area contributed by atoms with Gasteiger partial charge in [-0.05, 0) is 30.3 Å². The Kier molecular flexibility index (Phi) is 6.26. The lowest BCUT2D eigenvalue weighted by Gasteiger charge is -2.23. The minimum absolute atomic E-state index is 0.260. The Balaban J connectivity index is 2.27. The van der Waals surface area contributed by atoms with Crippen molar-refractivity contribution in [2.45, 2.75) is 0 Å². The lowest BCUT2D eigenvalue weighted by molar-refractivity contribution is -0.114. The summed E-state index contributed by atoms with van der Waals surface area (Å²) >= 11 is 0. The van der Waals surface area contributed by atoms with Crippen LogP contribution in [0.4, 0.5) is 11.4 Å². The number of anilines is 2. The van der Waals surface area contributed by atoms with Crippen LogP contribution in [0, 0.1) is 11.3 Å². The van der Waals surface area contributed by atoms with E-state index in [2.05, 4.69) is 5.32 Å². The maximum absolute atomic E-state index is 12.4. The average molecular weight is 389 g/mol. The van der Waals surface area contributed by atoms with E-state index in [1.54, 1.807) is 24.3 Å². The maximum Gasteiger partial charge on any atom is 0.245 e. The van der Waals surface area contributed by atoms with Crippen LogP contribution in [-0.4, -0.2) is 41.3 Å². The quantitative estimate of drug-likeness (QED) is 0.776. The third-order valence-corrected chi connectivity index (χ3v) is 4.76. The average Bonchev–Trinajstić information content (AvgIpc) is 2.64. The fourth-order valence-corrected chi connectivity index (χ4v) is 3.23. The lowest BCUT2D eigenvalue weighted by atomic mass is 10.2. The Morgan fingerprint density at radius 2 is 1.85 bits per heavy atom. The molecule has 0 aliphatic rings. The smallest absolute Gasteiger partial charge is 0.245 e. The molecule has 0 radical (unpaired) electrons. The minimum Gasteiger partial charge on any atom is -0.493 e. The molecule has 1 amide bonds. The molecular weight excluding hydrogens is 370 g/mol. The fraction of sp³-hybridized carbons (Fsp3) is 0.222. The van der Waals surface area contributed by atoms with Crippen LogP contribution in [0.15, 0.2) is 42.5 Å². The summed E-state index contributed by atoms with van der Waals surface area (Å²) < 4.78 is 35.7. The maximum atomic E-state index is 12.4. The van der Waals surface area contributed by atoms with Crippen LogP contribution in [0.2, 0.25) is 0 Å². The van der Waals surface area contributed by atoms with Gasteiger partial charge in [0.15, 0.2) is 11.5 Å². The largest absolute Gasteiger partial charge is 0.493 e. The first-order valence-electron chi connectivity index (χ1n) is 7.78. The van der Waals surface area contributed by atoms with Crippen molar-refractivity contribution in [2.75, 3.05) is 36.6 Å². The molecule has 0 fully saturated rings. The number of ether oxygens (including phenoxy) is 2. The van der Waals surface area contributed by atoms with Crippen LogP contribution in [-0.2, 0) is 14.8 Å². The molecule has 142 valence electrons. The van der Waals surface area contributed by atoms with Gasteiger partial charge < -0.3 is 14.8 Å². The number of nitrogens with one attached hydrogen (secondary N) is 1. The fourth-order valence-electron chi connectivity index (χ4n) is 2.38. The summed E-state index contributed by atoms with van der Waals surface area (Å²) in [6.07, 6.45) is 1.01. The second-order valence-electron chi connectivity index (χ2n) is 5.55. The van der Waals surface area contributed by atoms with Gasteiger partial charge in [-0.2, -0.15) is 5.26 Å². The number of methoxy groups -OCH3 is 2. The highest BCUT2D eigenvalue weighted by Crippen LogP contribution is 2.32. The van der Waals surface area contributed by atoms with Crippen LogP contribution in [0.5, 0.6) is 11.5 Å². The van der Waals surface area contributed by atoms with E-state index < -0.39 is 22.5 Å². The number of sulfonamides is 1. The molecule has 0 spiro atoms. The van der Waals surface area contributed by atoms with Crippen molar-refractivity contribution in [3.05, 3.63) is 48.0 Å². The van der Waals surface area contributed by atoms with E-state index in [4.69, 9.17) is 14.7 Å². The number of nitrogens with zero attached hydrogens (tertiary/aromatic N) is 2. The van der Waals surface area contributed by atoms with Crippen LogP contribution in [0.25, 0.3) is 0 Å². The van der Waals surface area contributed by atoms with E-state index in [1.807, 2.05) is 6.07 Å². The van der Waals surface area contributed by atoms with Crippen molar-refractivity contribution in [1.82, 2.24) is 0 Å². The zero-order chi connectivity index (χ0) is 20.0. The van der Waals surface area contributed by atoms with Crippen molar-refractivity contribution in [3.63, 3.8) is 0 Å². The molecule has 0 bridgehead atoms. The summed E-state index contributed by atoms with van der Waals surface area (Å²) in [6, 6.07) is 12.9. The predicted octanol–water partition coefficient (Wildman–Crippen LogP) is 1.98. The van der Waals surface area contributed by atoms with Crippen molar-refractivity contribution >= 4 is 27.3 Å². The lowest BCUT2D eigenvalue weighted by Crippen LogP contribution is -2.37. The number of benzene rings is 2. The molecule has 0 aliphatic heterocycles. The molecule has 0 saturated heterocycles. The molecule has 0 aliphatic carbocycles. The SMILES string of the molecule is COc1ccc(N(CC(=O)Nc2cccc(C#N)c2)S(C)(=O)=O)cc1OC. The van der Waals surface area contributed by atoms with Gasteiger partial charge in [-0.15, -0.1) is 0 Å². The Morgan fingerprint density at radius 1 is 1.15 bits per heavy atom. The second kappa shape index (κ2) is 8.42. The van der Waals surface area contributed by atoms with Gasteiger partial charge in [0.25, 0.3) is 0 Å². The molecule has 0 atom stereocenters. The van der Waals surface area contributed by atoms with Crippen molar-refractivity contribution in [2.24, 2.45) is 0 Å². The molecule has 0 aromatic heterocycles. The van der Waals surface area contributed by atoms with Crippen LogP contribution < -0.4 is 19.1 Å². The van der Waals surface area contributed by atoms with E-state index >= 15 is 0 Å². The second-order valence-corrected chi connectivity index (χ2v) is 7.46. The van der Waals surface area contributed by atoms with Gasteiger partial charge in [0.1, 0.15) is 6.54 Å². The van der Waals surface area contributed by atoms with E-state index in [-0.39, 0.29) is 5.69 Å². The molecule has 2 aromatic carbocycles. The van der Waals surface area contributed by atoms with Crippen LogP contribution >= 0.6 is 0 Å². The van der Waals surface area contributed by atoms with Gasteiger partial charge in [-0.25, -0.2) is 8.42 Å². The molecule has 2 aromatic rings. The van der Waals surface area contributed by atoms with Crippen LogP contribution in [0.1, 0.15) is 5.56 Å². The zero-order valence-corrected chi connectivity index (χ0v) is 15.9. The van der Waals surface area contributed by atoms with Gasteiger partial charge in [-0.1, -0.05) is 6.07 Å². The third-order valence-electron chi connectivity index (χ3n) is 3.62. The first kappa shape index (κ1) is 20.1. The first-order chi connectivity index (χ1) is 12.8. The number of nitriles is 1. The van der Waals surface area contributed by atoms with E-state index in [0.29, 0.717) is 22.7 Å². The molecule has 0 heterocycles. The molecular formula is C18H19N3O5S. The van der Waals surface area contributed by atoms with Crippen molar-refractivity contribution in [3.8, 4) is 17.6 Å². The number of hydrogen-bond acceptors (Lipinski definition) is 6. The van der Waals surface area contributed by atoms with Gasteiger partial charge in [-0.3, -0.25) is 9.10 Å². The highest BCUT2D eigenvalue weighted by molar-refractivity contribution is 7.92. The van der Waals surface area contributed by atoms with Gasteiger partial charge in [0, 0.05) is 11.8 Å². The highest BCUT2D eigenvalue weighted by Gasteiger charge is 2.22. The van der Waals surface area contributed by atoms with Crippen molar-refractivity contribution in [1.29, 1.82) is 5.26 Å². The number of rotatable bonds is 7. The zero-order valence-electron chi connectivity index (χ0n) is 15.1. The normalized spacial score (nSPS) is 10.6. The Morgan fingerprint density at radius 3 is 2.44 bits per heavy atom. The molecule has 1 N–H and O–H groups in total. The Hall–Kier alpha value is -3.25. The molecule has 27 heavy (non-hydrogen) atoms. The highest BCUT2D eigenvalue weighted by atomic mass is 32.2. The summed E-state index contributed by atoms with van der Waals surface area (Å²) in [4.78, 5) is 12.4. The van der Waals surface area contributed by atoms with Gasteiger partial charge in [0.05, 0.1) is 37.8 Å². The third kappa shape index (κ3) is 5.12. The first-order valence-corrected chi connectivity index (χ1v) is 9.63. The summed E-state index contributed by atoms with van der Waals surface area (Å²) in [6.45, 7) is -0.439. The van der Waals surface area contributed by atoms with E-state index in [1.165, 1.54) is 32.4 Å². The minimum atomic E-state index is -3.74.